The van der Waals surface area contributed by atoms with E-state index in [9.17, 15) is 0 Å². The van der Waals surface area contributed by atoms with Gasteiger partial charge in [0, 0.05) is 45.9 Å². The number of nitrogens with zero attached hydrogens (tertiary/aromatic N) is 2. The fraction of sp³-hybridized carbons (Fsp3) is 0.682. The van der Waals surface area contributed by atoms with Crippen LogP contribution in [0.25, 0.3) is 0 Å². The van der Waals surface area contributed by atoms with Gasteiger partial charge in [0.1, 0.15) is 0 Å². The molecule has 28 heavy (non-hydrogen) atoms. The highest BCUT2D eigenvalue weighted by molar-refractivity contribution is 5.79. The Morgan fingerprint density at radius 1 is 1.29 bits per heavy atom. The highest BCUT2D eigenvalue weighted by Gasteiger charge is 2.15. The molecule has 1 aliphatic heterocycles. The number of hydrogen-bond donors (Lipinski definition) is 2. The van der Waals surface area contributed by atoms with Crippen LogP contribution in [0.4, 0.5) is 0 Å². The summed E-state index contributed by atoms with van der Waals surface area (Å²) in [5.74, 6) is 0.825. The van der Waals surface area contributed by atoms with Crippen molar-refractivity contribution in [2.75, 3.05) is 40.5 Å². The normalized spacial score (nSPS) is 17.5. The topological polar surface area (TPSA) is 58.1 Å². The number of aliphatic imine (C=N–C) groups is 1. The third kappa shape index (κ3) is 8.17. The predicted molar refractivity (Wildman–Crippen MR) is 116 cm³/mol. The first-order valence-electron chi connectivity index (χ1n) is 10.5. The summed E-state index contributed by atoms with van der Waals surface area (Å²) in [7, 11) is 3.97. The molecule has 2 N–H and O–H groups in total. The molecule has 6 nitrogen and oxygen atoms in total. The lowest BCUT2D eigenvalue weighted by molar-refractivity contribution is 0.0168. The molecule has 0 aromatic heterocycles. The van der Waals surface area contributed by atoms with Gasteiger partial charge in [0.05, 0.1) is 12.7 Å². The lowest BCUT2D eigenvalue weighted by atomic mass is 10.1. The van der Waals surface area contributed by atoms with Crippen LogP contribution >= 0.6 is 0 Å². The van der Waals surface area contributed by atoms with Crippen molar-refractivity contribution >= 4 is 5.96 Å². The zero-order chi connectivity index (χ0) is 20.2. The molecular formula is C22H38N4O2. The average molecular weight is 391 g/mol. The van der Waals surface area contributed by atoms with Crippen LogP contribution in [0.2, 0.25) is 0 Å². The molecule has 0 radical (unpaired) electrons. The molecule has 0 saturated carbocycles. The monoisotopic (exact) mass is 390 g/mol. The van der Waals surface area contributed by atoms with Gasteiger partial charge in [-0.3, -0.25) is 9.89 Å². The molecule has 1 heterocycles. The molecule has 1 aromatic carbocycles. The summed E-state index contributed by atoms with van der Waals surface area (Å²) in [4.78, 5) is 6.68. The van der Waals surface area contributed by atoms with Gasteiger partial charge in [-0.1, -0.05) is 24.3 Å². The Morgan fingerprint density at radius 3 is 2.75 bits per heavy atom. The molecule has 0 aliphatic carbocycles. The Hall–Kier alpha value is -1.63. The van der Waals surface area contributed by atoms with E-state index >= 15 is 0 Å². The number of rotatable bonds is 11. The Bertz CT molecular complexity index is 586. The minimum Gasteiger partial charge on any atom is -0.379 e. The van der Waals surface area contributed by atoms with E-state index in [0.717, 1.165) is 58.1 Å². The molecule has 2 rings (SSSR count). The third-order valence-corrected chi connectivity index (χ3v) is 5.18. The third-order valence-electron chi connectivity index (χ3n) is 5.18. The van der Waals surface area contributed by atoms with E-state index in [1.165, 1.54) is 11.1 Å². The first kappa shape index (κ1) is 22.7. The second-order valence-electron chi connectivity index (χ2n) is 7.69. The summed E-state index contributed by atoms with van der Waals surface area (Å²) in [6.07, 6.45) is 3.54. The molecule has 1 aromatic rings. The van der Waals surface area contributed by atoms with E-state index in [-0.39, 0.29) is 0 Å². The molecule has 1 unspecified atom stereocenters. The van der Waals surface area contributed by atoms with Crippen LogP contribution < -0.4 is 10.6 Å². The first-order valence-corrected chi connectivity index (χ1v) is 10.5. The van der Waals surface area contributed by atoms with Crippen LogP contribution in [0.3, 0.4) is 0 Å². The van der Waals surface area contributed by atoms with Crippen molar-refractivity contribution in [1.82, 2.24) is 15.5 Å². The quantitative estimate of drug-likeness (QED) is 0.346. The highest BCUT2D eigenvalue weighted by Crippen LogP contribution is 2.13. The second-order valence-corrected chi connectivity index (χ2v) is 7.69. The average Bonchev–Trinajstić information content (AvgIpc) is 3.21. The van der Waals surface area contributed by atoms with Crippen molar-refractivity contribution in [3.8, 4) is 0 Å². The summed E-state index contributed by atoms with van der Waals surface area (Å²) in [5, 5.41) is 6.79. The minimum atomic E-state index is 0.303. The SMILES string of the molecule is CN=C(NCCCOCC1CCCO1)NCc1ccccc1CN(C)C(C)C. The number of ether oxygens (including phenoxy) is 2. The maximum atomic E-state index is 5.70. The number of hydrogen-bond acceptors (Lipinski definition) is 4. The van der Waals surface area contributed by atoms with Crippen molar-refractivity contribution in [2.24, 2.45) is 4.99 Å². The van der Waals surface area contributed by atoms with Gasteiger partial charge >= 0.3 is 0 Å². The zero-order valence-electron chi connectivity index (χ0n) is 18.0. The Balaban J connectivity index is 1.67. The van der Waals surface area contributed by atoms with Crippen molar-refractivity contribution in [1.29, 1.82) is 0 Å². The molecule has 1 atom stereocenters. The molecule has 1 aliphatic rings. The fourth-order valence-electron chi connectivity index (χ4n) is 3.11. The van der Waals surface area contributed by atoms with Crippen LogP contribution in [0.15, 0.2) is 29.3 Å². The van der Waals surface area contributed by atoms with E-state index in [4.69, 9.17) is 9.47 Å². The van der Waals surface area contributed by atoms with Crippen LogP contribution in [0.5, 0.6) is 0 Å². The maximum Gasteiger partial charge on any atom is 0.191 e. The van der Waals surface area contributed by atoms with Crippen LogP contribution in [0, 0.1) is 0 Å². The number of benzene rings is 1. The van der Waals surface area contributed by atoms with Crippen LogP contribution in [-0.2, 0) is 22.6 Å². The van der Waals surface area contributed by atoms with Gasteiger partial charge in [-0.2, -0.15) is 0 Å². The summed E-state index contributed by atoms with van der Waals surface area (Å²) in [5.41, 5.74) is 2.65. The molecule has 0 amide bonds. The van der Waals surface area contributed by atoms with Crippen molar-refractivity contribution in [2.45, 2.75) is 58.3 Å². The smallest absolute Gasteiger partial charge is 0.191 e. The van der Waals surface area contributed by atoms with Crippen molar-refractivity contribution < 1.29 is 9.47 Å². The van der Waals surface area contributed by atoms with E-state index in [1.807, 2.05) is 7.05 Å². The second kappa shape index (κ2) is 12.8. The van der Waals surface area contributed by atoms with Gasteiger partial charge in [-0.05, 0) is 51.3 Å². The zero-order valence-corrected chi connectivity index (χ0v) is 18.0. The largest absolute Gasteiger partial charge is 0.379 e. The lowest BCUT2D eigenvalue weighted by Gasteiger charge is -2.23. The Morgan fingerprint density at radius 2 is 2.07 bits per heavy atom. The minimum absolute atomic E-state index is 0.303. The lowest BCUT2D eigenvalue weighted by Crippen LogP contribution is -2.38. The van der Waals surface area contributed by atoms with Gasteiger partial charge in [-0.15, -0.1) is 0 Å². The molecule has 1 saturated heterocycles. The van der Waals surface area contributed by atoms with E-state index in [0.29, 0.717) is 18.8 Å². The number of guanidine groups is 1. The summed E-state index contributed by atoms with van der Waals surface area (Å²) in [6.45, 7) is 9.33. The highest BCUT2D eigenvalue weighted by atomic mass is 16.5. The van der Waals surface area contributed by atoms with Crippen molar-refractivity contribution in [3.05, 3.63) is 35.4 Å². The van der Waals surface area contributed by atoms with Crippen LogP contribution in [0.1, 0.15) is 44.2 Å². The molecule has 6 heteroatoms. The molecule has 158 valence electrons. The van der Waals surface area contributed by atoms with Crippen molar-refractivity contribution in [3.63, 3.8) is 0 Å². The molecule has 0 bridgehead atoms. The molecular weight excluding hydrogens is 352 g/mol. The van der Waals surface area contributed by atoms with E-state index < -0.39 is 0 Å². The van der Waals surface area contributed by atoms with Gasteiger partial charge in [0.25, 0.3) is 0 Å². The maximum absolute atomic E-state index is 5.70. The van der Waals surface area contributed by atoms with Gasteiger partial charge in [0.15, 0.2) is 5.96 Å². The Kier molecular flexibility index (Phi) is 10.3. The van der Waals surface area contributed by atoms with Gasteiger partial charge in [0.2, 0.25) is 0 Å². The fourth-order valence-corrected chi connectivity index (χ4v) is 3.11. The van der Waals surface area contributed by atoms with Gasteiger partial charge < -0.3 is 20.1 Å². The summed E-state index contributed by atoms with van der Waals surface area (Å²) in [6, 6.07) is 9.12. The first-order chi connectivity index (χ1) is 13.6. The van der Waals surface area contributed by atoms with E-state index in [1.54, 1.807) is 0 Å². The standard InChI is InChI=1S/C22H38N4O2/c1-18(2)26(4)16-20-10-6-5-9-19(20)15-25-22(23-3)24-12-8-13-27-17-21-11-7-14-28-21/h5-6,9-10,18,21H,7-8,11-17H2,1-4H3,(H2,23,24,25). The van der Waals surface area contributed by atoms with E-state index in [2.05, 4.69) is 65.7 Å². The summed E-state index contributed by atoms with van der Waals surface area (Å²) >= 11 is 0. The molecule has 1 fully saturated rings. The van der Waals surface area contributed by atoms with Crippen LogP contribution in [-0.4, -0.2) is 63.5 Å². The molecule has 0 spiro atoms. The van der Waals surface area contributed by atoms with Gasteiger partial charge in [-0.25, -0.2) is 0 Å². The summed E-state index contributed by atoms with van der Waals surface area (Å²) < 4.78 is 11.3. The Labute approximate surface area is 170 Å². The number of nitrogens with one attached hydrogen (secondary N) is 2. The predicted octanol–water partition coefficient (Wildman–Crippen LogP) is 2.78.